The highest BCUT2D eigenvalue weighted by atomic mass is 32.2. The van der Waals surface area contributed by atoms with Crippen LogP contribution in [0.1, 0.15) is 33.9 Å². The highest BCUT2D eigenvalue weighted by Crippen LogP contribution is 2.34. The first-order chi connectivity index (χ1) is 12.4. The number of carbonyl (C=O) groups excluding carboxylic acids is 1. The summed E-state index contributed by atoms with van der Waals surface area (Å²) in [7, 11) is -3.45. The highest BCUT2D eigenvalue weighted by molar-refractivity contribution is 7.91. The number of H-pyrrole nitrogens is 1. The number of nitrogens with one attached hydrogen (secondary N) is 2. The predicted molar refractivity (Wildman–Crippen MR) is 96.6 cm³/mol. The van der Waals surface area contributed by atoms with Gasteiger partial charge >= 0.3 is 0 Å². The summed E-state index contributed by atoms with van der Waals surface area (Å²) in [5.74, 6) is -0.402. The molecule has 0 radical (unpaired) electrons. The predicted octanol–water partition coefficient (Wildman–Crippen LogP) is 1.70. The van der Waals surface area contributed by atoms with E-state index in [0.717, 1.165) is 0 Å². The lowest BCUT2D eigenvalue weighted by Gasteiger charge is -2.25. The number of anilines is 1. The van der Waals surface area contributed by atoms with Crippen LogP contribution in [0.25, 0.3) is 11.0 Å². The number of amides is 1. The Balaban J connectivity index is 1.77. The fourth-order valence-corrected chi connectivity index (χ4v) is 5.28. The zero-order valence-electron chi connectivity index (χ0n) is 14.0. The number of carbonyl (C=O) groups is 1. The lowest BCUT2D eigenvalue weighted by Crippen LogP contribution is -2.27. The second-order valence-corrected chi connectivity index (χ2v) is 8.36. The van der Waals surface area contributed by atoms with Crippen molar-refractivity contribution >= 4 is 32.5 Å². The molecule has 1 amide bonds. The smallest absolute Gasteiger partial charge is 0.255 e. The van der Waals surface area contributed by atoms with Crippen molar-refractivity contribution in [2.24, 2.45) is 5.73 Å². The Morgan fingerprint density at radius 1 is 1.35 bits per heavy atom. The van der Waals surface area contributed by atoms with E-state index >= 15 is 0 Å². The van der Waals surface area contributed by atoms with Gasteiger partial charge in [-0.3, -0.25) is 9.89 Å². The third-order valence-corrected chi connectivity index (χ3v) is 6.63. The summed E-state index contributed by atoms with van der Waals surface area (Å²) in [5.41, 5.74) is 8.45. The fourth-order valence-electron chi connectivity index (χ4n) is 3.35. The van der Waals surface area contributed by atoms with E-state index in [1.54, 1.807) is 37.5 Å². The standard InChI is InChI=1S/C17H17N5O3S/c1-9-10(2-3-11-13(18)5-7-26(24,25)15(9)11)17(23)21-14-4-6-19-16-12(14)8-20-22-16/h2-4,6,8,13H,5,7,18H2,1H3,(H2,19,20,21,22,23). The maximum Gasteiger partial charge on any atom is 0.255 e. The van der Waals surface area contributed by atoms with E-state index in [0.29, 0.717) is 39.8 Å². The molecule has 3 aromatic rings. The van der Waals surface area contributed by atoms with Crippen LogP contribution in [0.5, 0.6) is 0 Å². The number of nitrogens with zero attached hydrogens (tertiary/aromatic N) is 2. The van der Waals surface area contributed by atoms with Gasteiger partial charge in [0, 0.05) is 17.8 Å². The van der Waals surface area contributed by atoms with Crippen molar-refractivity contribution in [1.29, 1.82) is 0 Å². The molecule has 9 heteroatoms. The van der Waals surface area contributed by atoms with Crippen LogP contribution in [0, 0.1) is 6.92 Å². The summed E-state index contributed by atoms with van der Waals surface area (Å²) < 4.78 is 25.0. The van der Waals surface area contributed by atoms with Gasteiger partial charge in [-0.15, -0.1) is 0 Å². The van der Waals surface area contributed by atoms with Crippen molar-refractivity contribution in [3.05, 3.63) is 47.3 Å². The van der Waals surface area contributed by atoms with Crippen LogP contribution in [-0.4, -0.2) is 35.3 Å². The topological polar surface area (TPSA) is 131 Å². The normalized spacial score (nSPS) is 18.5. The van der Waals surface area contributed by atoms with Crippen molar-refractivity contribution in [1.82, 2.24) is 15.2 Å². The Hall–Kier alpha value is -2.78. The minimum absolute atomic E-state index is 0.00687. The molecule has 0 fully saturated rings. The maximum absolute atomic E-state index is 12.8. The van der Waals surface area contributed by atoms with Crippen LogP contribution in [0.15, 0.2) is 35.5 Å². The number of pyridine rings is 1. The van der Waals surface area contributed by atoms with E-state index in [1.165, 1.54) is 0 Å². The zero-order chi connectivity index (χ0) is 18.5. The molecule has 2 aromatic heterocycles. The number of rotatable bonds is 2. The van der Waals surface area contributed by atoms with Crippen molar-refractivity contribution < 1.29 is 13.2 Å². The van der Waals surface area contributed by atoms with Crippen LogP contribution in [-0.2, 0) is 9.84 Å². The molecule has 0 saturated carbocycles. The van der Waals surface area contributed by atoms with Crippen molar-refractivity contribution in [3.8, 4) is 0 Å². The first kappa shape index (κ1) is 16.7. The molecule has 134 valence electrons. The molecule has 1 atom stereocenters. The van der Waals surface area contributed by atoms with Gasteiger partial charge in [0.1, 0.15) is 0 Å². The minimum Gasteiger partial charge on any atom is -0.324 e. The van der Waals surface area contributed by atoms with Crippen LogP contribution >= 0.6 is 0 Å². The molecule has 4 rings (SSSR count). The van der Waals surface area contributed by atoms with E-state index in [4.69, 9.17) is 5.73 Å². The first-order valence-corrected chi connectivity index (χ1v) is 9.75. The quantitative estimate of drug-likeness (QED) is 0.628. The summed E-state index contributed by atoms with van der Waals surface area (Å²) in [5, 5.41) is 10.1. The maximum atomic E-state index is 12.8. The van der Waals surface area contributed by atoms with E-state index in [-0.39, 0.29) is 16.7 Å². The van der Waals surface area contributed by atoms with Crippen molar-refractivity contribution in [2.45, 2.75) is 24.3 Å². The number of fused-ring (bicyclic) bond motifs is 2. The third-order valence-electron chi connectivity index (χ3n) is 4.69. The van der Waals surface area contributed by atoms with Gasteiger partial charge in [-0.05, 0) is 36.6 Å². The molecule has 0 saturated heterocycles. The molecule has 8 nitrogen and oxygen atoms in total. The summed E-state index contributed by atoms with van der Waals surface area (Å²) in [6.45, 7) is 1.64. The number of hydrogen-bond donors (Lipinski definition) is 3. The average Bonchev–Trinajstić information content (AvgIpc) is 3.08. The molecule has 26 heavy (non-hydrogen) atoms. The molecular weight excluding hydrogens is 354 g/mol. The monoisotopic (exact) mass is 371 g/mol. The van der Waals surface area contributed by atoms with E-state index < -0.39 is 15.7 Å². The van der Waals surface area contributed by atoms with E-state index in [2.05, 4.69) is 20.5 Å². The first-order valence-electron chi connectivity index (χ1n) is 8.10. The lowest BCUT2D eigenvalue weighted by atomic mass is 9.98. The Morgan fingerprint density at radius 2 is 2.15 bits per heavy atom. The van der Waals surface area contributed by atoms with Crippen LogP contribution < -0.4 is 11.1 Å². The van der Waals surface area contributed by atoms with Gasteiger partial charge in [-0.1, -0.05) is 6.07 Å². The molecule has 0 aliphatic carbocycles. The van der Waals surface area contributed by atoms with Crippen molar-refractivity contribution in [2.75, 3.05) is 11.1 Å². The van der Waals surface area contributed by atoms with Gasteiger partial charge < -0.3 is 11.1 Å². The van der Waals surface area contributed by atoms with E-state index in [1.807, 2.05) is 0 Å². The molecule has 3 heterocycles. The number of aromatic nitrogens is 3. The lowest BCUT2D eigenvalue weighted by molar-refractivity contribution is 0.102. The zero-order valence-corrected chi connectivity index (χ0v) is 14.8. The largest absolute Gasteiger partial charge is 0.324 e. The van der Waals surface area contributed by atoms with Gasteiger partial charge in [-0.2, -0.15) is 5.10 Å². The SMILES string of the molecule is Cc1c(C(=O)Nc2ccnc3[nH]ncc23)ccc2c1S(=O)(=O)CCC2N. The molecule has 1 aliphatic heterocycles. The average molecular weight is 371 g/mol. The molecule has 1 unspecified atom stereocenters. The minimum atomic E-state index is -3.45. The van der Waals surface area contributed by atoms with Crippen LogP contribution in [0.3, 0.4) is 0 Å². The Bertz CT molecular complexity index is 1140. The summed E-state index contributed by atoms with van der Waals surface area (Å²) in [6, 6.07) is 4.59. The van der Waals surface area contributed by atoms with E-state index in [9.17, 15) is 13.2 Å². The highest BCUT2D eigenvalue weighted by Gasteiger charge is 2.32. The van der Waals surface area contributed by atoms with Crippen LogP contribution in [0.2, 0.25) is 0 Å². The Morgan fingerprint density at radius 3 is 2.96 bits per heavy atom. The van der Waals surface area contributed by atoms with Gasteiger partial charge in [0.15, 0.2) is 15.5 Å². The number of benzene rings is 1. The second kappa shape index (κ2) is 5.89. The van der Waals surface area contributed by atoms with Crippen LogP contribution in [0.4, 0.5) is 5.69 Å². The summed E-state index contributed by atoms with van der Waals surface area (Å²) >= 11 is 0. The molecule has 1 aliphatic rings. The number of aromatic amines is 1. The molecule has 4 N–H and O–H groups in total. The second-order valence-electron chi connectivity index (χ2n) is 6.32. The van der Waals surface area contributed by atoms with Crippen molar-refractivity contribution in [3.63, 3.8) is 0 Å². The summed E-state index contributed by atoms with van der Waals surface area (Å²) in [6.07, 6.45) is 3.51. The number of hydrogen-bond acceptors (Lipinski definition) is 6. The third kappa shape index (κ3) is 2.56. The molecule has 0 spiro atoms. The molecule has 1 aromatic carbocycles. The van der Waals surface area contributed by atoms with Gasteiger partial charge in [0.2, 0.25) is 0 Å². The molecular formula is C17H17N5O3S. The number of sulfone groups is 1. The summed E-state index contributed by atoms with van der Waals surface area (Å²) in [4.78, 5) is 17.1. The molecule has 0 bridgehead atoms. The Labute approximate surface area is 149 Å². The fraction of sp³-hybridized carbons (Fsp3) is 0.235. The Kier molecular flexibility index (Phi) is 3.78. The van der Waals surface area contributed by atoms with Gasteiger partial charge in [-0.25, -0.2) is 13.4 Å². The number of nitrogens with two attached hydrogens (primary N) is 1. The van der Waals surface area contributed by atoms with Gasteiger partial charge in [0.05, 0.1) is 27.9 Å². The van der Waals surface area contributed by atoms with Gasteiger partial charge in [0.25, 0.3) is 5.91 Å².